The quantitative estimate of drug-likeness (QED) is 0.794. The van der Waals surface area contributed by atoms with E-state index in [0.29, 0.717) is 6.54 Å². The summed E-state index contributed by atoms with van der Waals surface area (Å²) in [6.45, 7) is 2.45. The molecule has 0 radical (unpaired) electrons. The summed E-state index contributed by atoms with van der Waals surface area (Å²) in [6.07, 6.45) is 1.52. The lowest BCUT2D eigenvalue weighted by Crippen LogP contribution is -2.38. The minimum atomic E-state index is -0.452. The second kappa shape index (κ2) is 8.47. The maximum atomic E-state index is 12.7. The van der Waals surface area contributed by atoms with E-state index in [1.54, 1.807) is 32.1 Å². The van der Waals surface area contributed by atoms with Crippen LogP contribution in [0.3, 0.4) is 0 Å². The highest BCUT2D eigenvalue weighted by atomic mass is 16.2. The van der Waals surface area contributed by atoms with Gasteiger partial charge in [0, 0.05) is 33.9 Å². The molecular formula is C20H25N3O3. The number of carbonyl (C=O) groups is 2. The van der Waals surface area contributed by atoms with Gasteiger partial charge >= 0.3 is 0 Å². The van der Waals surface area contributed by atoms with Gasteiger partial charge in [0.2, 0.25) is 5.91 Å². The molecule has 26 heavy (non-hydrogen) atoms. The molecule has 0 aliphatic heterocycles. The molecule has 0 bridgehead atoms. The molecule has 138 valence electrons. The largest absolute Gasteiger partial charge is 0.347 e. The standard InChI is InChI=1S/C20H25N3O3/c1-15(16-9-6-5-7-10-16)13-22(4)19(25)17-11-8-12-23(20(17)26)14-18(24)21(2)3/h5-12,15H,13-14H2,1-4H3. The molecular weight excluding hydrogens is 330 g/mol. The van der Waals surface area contributed by atoms with Crippen LogP contribution in [0.5, 0.6) is 0 Å². The van der Waals surface area contributed by atoms with Gasteiger partial charge in [-0.25, -0.2) is 0 Å². The van der Waals surface area contributed by atoms with Crippen LogP contribution in [0, 0.1) is 0 Å². The van der Waals surface area contributed by atoms with Gasteiger partial charge in [0.15, 0.2) is 0 Å². The Bertz CT molecular complexity index is 828. The molecule has 0 fully saturated rings. The van der Waals surface area contributed by atoms with Crippen LogP contribution in [-0.2, 0) is 11.3 Å². The van der Waals surface area contributed by atoms with Crippen LogP contribution in [0.1, 0.15) is 28.8 Å². The predicted molar refractivity (Wildman–Crippen MR) is 101 cm³/mol. The summed E-state index contributed by atoms with van der Waals surface area (Å²) in [6, 6.07) is 13.0. The highest BCUT2D eigenvalue weighted by Crippen LogP contribution is 2.16. The Morgan fingerprint density at radius 2 is 1.69 bits per heavy atom. The van der Waals surface area contributed by atoms with Crippen molar-refractivity contribution < 1.29 is 9.59 Å². The van der Waals surface area contributed by atoms with Gasteiger partial charge in [0.05, 0.1) is 0 Å². The van der Waals surface area contributed by atoms with E-state index in [1.807, 2.05) is 37.3 Å². The summed E-state index contributed by atoms with van der Waals surface area (Å²) in [4.78, 5) is 40.1. The molecule has 0 saturated carbocycles. The number of amides is 2. The van der Waals surface area contributed by atoms with E-state index in [9.17, 15) is 14.4 Å². The highest BCUT2D eigenvalue weighted by Gasteiger charge is 2.19. The topological polar surface area (TPSA) is 62.6 Å². The summed E-state index contributed by atoms with van der Waals surface area (Å²) in [5.41, 5.74) is 0.753. The lowest BCUT2D eigenvalue weighted by molar-refractivity contribution is -0.129. The van der Waals surface area contributed by atoms with E-state index >= 15 is 0 Å². The van der Waals surface area contributed by atoms with Gasteiger partial charge in [0.1, 0.15) is 12.1 Å². The summed E-state index contributed by atoms with van der Waals surface area (Å²) in [5, 5.41) is 0. The van der Waals surface area contributed by atoms with E-state index in [0.717, 1.165) is 5.56 Å². The summed E-state index contributed by atoms with van der Waals surface area (Å²) in [5.74, 6) is -0.404. The molecule has 1 aromatic carbocycles. The number of benzene rings is 1. The number of carbonyl (C=O) groups excluding carboxylic acids is 2. The van der Waals surface area contributed by atoms with Crippen LogP contribution in [0.25, 0.3) is 0 Å². The zero-order valence-corrected chi connectivity index (χ0v) is 15.7. The van der Waals surface area contributed by atoms with Crippen LogP contribution < -0.4 is 5.56 Å². The Kier molecular flexibility index (Phi) is 6.33. The van der Waals surface area contributed by atoms with Gasteiger partial charge < -0.3 is 14.4 Å². The first-order valence-electron chi connectivity index (χ1n) is 8.51. The van der Waals surface area contributed by atoms with Crippen LogP contribution in [0.2, 0.25) is 0 Å². The minimum absolute atomic E-state index is 0.0711. The first-order valence-corrected chi connectivity index (χ1v) is 8.51. The summed E-state index contributed by atoms with van der Waals surface area (Å²) >= 11 is 0. The zero-order valence-electron chi connectivity index (χ0n) is 15.7. The average molecular weight is 355 g/mol. The monoisotopic (exact) mass is 355 g/mol. The van der Waals surface area contributed by atoms with Gasteiger partial charge in [-0.05, 0) is 23.6 Å². The van der Waals surface area contributed by atoms with Crippen LogP contribution >= 0.6 is 0 Å². The molecule has 0 aliphatic carbocycles. The van der Waals surface area contributed by atoms with Crippen molar-refractivity contribution in [2.24, 2.45) is 0 Å². The Hall–Kier alpha value is -2.89. The lowest BCUT2D eigenvalue weighted by Gasteiger charge is -2.22. The number of pyridine rings is 1. The number of hydrogen-bond donors (Lipinski definition) is 0. The third-order valence-electron chi connectivity index (χ3n) is 4.32. The van der Waals surface area contributed by atoms with Gasteiger partial charge in [-0.15, -0.1) is 0 Å². The maximum absolute atomic E-state index is 12.7. The molecule has 6 heteroatoms. The predicted octanol–water partition coefficient (Wildman–Crippen LogP) is 1.81. The average Bonchev–Trinajstić information content (AvgIpc) is 2.63. The Labute approximate surface area is 153 Å². The zero-order chi connectivity index (χ0) is 19.3. The molecule has 1 unspecified atom stereocenters. The van der Waals surface area contributed by atoms with Crippen molar-refractivity contribution in [2.45, 2.75) is 19.4 Å². The van der Waals surface area contributed by atoms with Crippen LogP contribution in [0.15, 0.2) is 53.5 Å². The van der Waals surface area contributed by atoms with E-state index in [-0.39, 0.29) is 29.8 Å². The Morgan fingerprint density at radius 3 is 2.31 bits per heavy atom. The molecule has 2 amide bonds. The first kappa shape index (κ1) is 19.4. The van der Waals surface area contributed by atoms with Gasteiger partial charge in [-0.3, -0.25) is 14.4 Å². The third kappa shape index (κ3) is 4.59. The molecule has 6 nitrogen and oxygen atoms in total. The maximum Gasteiger partial charge on any atom is 0.263 e. The second-order valence-electron chi connectivity index (χ2n) is 6.64. The second-order valence-corrected chi connectivity index (χ2v) is 6.64. The first-order chi connectivity index (χ1) is 12.3. The number of rotatable bonds is 6. The van der Waals surface area contributed by atoms with Crippen molar-refractivity contribution in [2.75, 3.05) is 27.7 Å². The van der Waals surface area contributed by atoms with Gasteiger partial charge in [-0.1, -0.05) is 37.3 Å². The molecule has 0 N–H and O–H groups in total. The van der Waals surface area contributed by atoms with Crippen molar-refractivity contribution in [3.05, 3.63) is 70.1 Å². The fourth-order valence-corrected chi connectivity index (χ4v) is 2.70. The van der Waals surface area contributed by atoms with E-state index in [2.05, 4.69) is 0 Å². The van der Waals surface area contributed by atoms with Gasteiger partial charge in [-0.2, -0.15) is 0 Å². The van der Waals surface area contributed by atoms with Crippen LogP contribution in [-0.4, -0.2) is 53.9 Å². The fraction of sp³-hybridized carbons (Fsp3) is 0.350. The SMILES string of the molecule is CC(CN(C)C(=O)c1cccn(CC(=O)N(C)C)c1=O)c1ccccc1. The lowest BCUT2D eigenvalue weighted by atomic mass is 10.0. The smallest absolute Gasteiger partial charge is 0.263 e. The van der Waals surface area contributed by atoms with Gasteiger partial charge in [0.25, 0.3) is 11.5 Å². The van der Waals surface area contributed by atoms with Crippen molar-refractivity contribution >= 4 is 11.8 Å². The normalized spacial score (nSPS) is 11.7. The minimum Gasteiger partial charge on any atom is -0.347 e. The number of aromatic nitrogens is 1. The van der Waals surface area contributed by atoms with Crippen molar-refractivity contribution in [1.82, 2.24) is 14.4 Å². The number of nitrogens with zero attached hydrogens (tertiary/aromatic N) is 3. The van der Waals surface area contributed by atoms with Crippen molar-refractivity contribution in [3.63, 3.8) is 0 Å². The Balaban J connectivity index is 2.16. The number of hydrogen-bond acceptors (Lipinski definition) is 3. The molecule has 0 saturated heterocycles. The van der Waals surface area contributed by atoms with Crippen molar-refractivity contribution in [1.29, 1.82) is 0 Å². The number of likely N-dealkylation sites (N-methyl/N-ethyl adjacent to an activating group) is 2. The molecule has 0 aliphatic rings. The van der Waals surface area contributed by atoms with Crippen molar-refractivity contribution in [3.8, 4) is 0 Å². The molecule has 1 aromatic heterocycles. The van der Waals surface area contributed by atoms with E-state index < -0.39 is 5.56 Å². The molecule has 1 atom stereocenters. The molecule has 1 heterocycles. The highest BCUT2D eigenvalue weighted by molar-refractivity contribution is 5.93. The summed E-state index contributed by atoms with van der Waals surface area (Å²) < 4.78 is 1.27. The summed E-state index contributed by atoms with van der Waals surface area (Å²) in [7, 11) is 4.94. The third-order valence-corrected chi connectivity index (χ3v) is 4.32. The van der Waals surface area contributed by atoms with E-state index in [4.69, 9.17) is 0 Å². The Morgan fingerprint density at radius 1 is 1.04 bits per heavy atom. The molecule has 2 rings (SSSR count). The van der Waals surface area contributed by atoms with Crippen LogP contribution in [0.4, 0.5) is 0 Å². The fourth-order valence-electron chi connectivity index (χ4n) is 2.70. The van der Waals surface area contributed by atoms with E-state index in [1.165, 1.54) is 21.7 Å². The molecule has 2 aromatic rings. The molecule has 0 spiro atoms.